The number of hydrogen-bond acceptors (Lipinski definition) is 18. The van der Waals surface area contributed by atoms with Crippen LogP contribution in [-0.2, 0) is 51.2 Å². The van der Waals surface area contributed by atoms with Crippen molar-refractivity contribution < 1.29 is 47.6 Å². The number of nitrogens with two attached hydrogens (primary N) is 2. The van der Waals surface area contributed by atoms with Gasteiger partial charge in [0.25, 0.3) is 0 Å². The van der Waals surface area contributed by atoms with Gasteiger partial charge in [-0.15, -0.1) is 0 Å². The van der Waals surface area contributed by atoms with E-state index in [1.54, 1.807) is 6.92 Å². The number of aryl methyl sites for hydroxylation is 1. The van der Waals surface area contributed by atoms with Crippen molar-refractivity contribution >= 4 is 71.1 Å². The van der Waals surface area contributed by atoms with Crippen LogP contribution in [0.2, 0.25) is 0 Å². The Hall–Kier alpha value is -2.40. The first-order valence-electron chi connectivity index (χ1n) is 13.2. The smallest absolute Gasteiger partial charge is 0.325 e. The average Bonchev–Trinajstić information content (AvgIpc) is 3.72. The molecule has 7 heterocycles. The molecule has 8 N–H and O–H groups in total. The largest absolute Gasteiger partial charge is 0.387 e. The first-order chi connectivity index (χ1) is 21.3. The number of hydrogen-bond donors (Lipinski definition) is 6. The average molecular weight is 705 g/mol. The highest BCUT2D eigenvalue weighted by atomic mass is 32.5. The molecule has 0 aromatic carbocycles. The zero-order chi connectivity index (χ0) is 31.8. The SMILES string of the molecule is Cc1ncnc2c1ncn2[C@@H]1O[C@@H]2COP(O)(=S)O[C@H]3[C@@H](O)[C@H](n4cnc5c(N)nc(N)nc54)O[C@@H]3COP(O)(=S)OC1[C@@H]2O. The van der Waals surface area contributed by atoms with E-state index >= 15 is 0 Å². The molecular weight excluding hydrogens is 678 g/mol. The molecule has 2 bridgehead atoms. The molecular formula is C21H26N10O10P2S2. The predicted molar refractivity (Wildman–Crippen MR) is 159 cm³/mol. The summed E-state index contributed by atoms with van der Waals surface area (Å²) in [5, 5.41) is 22.5. The van der Waals surface area contributed by atoms with E-state index in [0.717, 1.165) is 0 Å². The molecule has 10 atom stereocenters. The fourth-order valence-electron chi connectivity index (χ4n) is 5.41. The fourth-order valence-corrected chi connectivity index (χ4v) is 8.27. The molecule has 0 saturated carbocycles. The van der Waals surface area contributed by atoms with Crippen molar-refractivity contribution in [1.82, 2.24) is 39.0 Å². The van der Waals surface area contributed by atoms with Crippen LogP contribution in [0.1, 0.15) is 18.1 Å². The minimum Gasteiger partial charge on any atom is -0.387 e. The highest BCUT2D eigenvalue weighted by Crippen LogP contribution is 2.54. The lowest BCUT2D eigenvalue weighted by Crippen LogP contribution is -2.36. The van der Waals surface area contributed by atoms with Crippen molar-refractivity contribution in [2.24, 2.45) is 0 Å². The summed E-state index contributed by atoms with van der Waals surface area (Å²) in [5.41, 5.74) is 13.5. The Kier molecular flexibility index (Phi) is 7.90. The fraction of sp³-hybridized carbons (Fsp3) is 0.524. The zero-order valence-electron chi connectivity index (χ0n) is 22.9. The molecule has 0 aliphatic carbocycles. The topological polar surface area (TPSA) is 276 Å². The quantitative estimate of drug-likeness (QED) is 0.135. The first-order valence-corrected chi connectivity index (χ1v) is 18.4. The van der Waals surface area contributed by atoms with E-state index in [-0.39, 0.29) is 22.9 Å². The number of aromatic nitrogens is 8. The molecule has 0 amide bonds. The minimum atomic E-state index is -4.16. The predicted octanol–water partition coefficient (Wildman–Crippen LogP) is -1.09. The normalized spacial score (nSPS) is 37.7. The molecule has 0 spiro atoms. The van der Waals surface area contributed by atoms with Crippen LogP contribution in [-0.4, -0.2) is 109 Å². The molecule has 45 heavy (non-hydrogen) atoms. The molecule has 3 saturated heterocycles. The Morgan fingerprint density at radius 2 is 1.42 bits per heavy atom. The maximum absolute atomic E-state index is 11.3. The Bertz CT molecular complexity index is 1880. The second-order valence-corrected chi connectivity index (χ2v) is 15.9. The number of rotatable bonds is 2. The number of anilines is 2. The number of aliphatic hydroxyl groups excluding tert-OH is 2. The van der Waals surface area contributed by atoms with E-state index in [0.29, 0.717) is 16.9 Å². The third-order valence-corrected chi connectivity index (χ3v) is 10.6. The van der Waals surface area contributed by atoms with Crippen LogP contribution in [0.15, 0.2) is 19.0 Å². The lowest BCUT2D eigenvalue weighted by Gasteiger charge is -2.28. The second-order valence-electron chi connectivity index (χ2n) is 10.4. The Balaban J connectivity index is 1.20. The van der Waals surface area contributed by atoms with Gasteiger partial charge >= 0.3 is 13.4 Å². The third kappa shape index (κ3) is 5.63. The molecule has 3 aliphatic rings. The van der Waals surface area contributed by atoms with Crippen LogP contribution in [0.3, 0.4) is 0 Å². The maximum Gasteiger partial charge on any atom is 0.325 e. The van der Waals surface area contributed by atoms with Crippen molar-refractivity contribution in [2.45, 2.75) is 56.0 Å². The van der Waals surface area contributed by atoms with Gasteiger partial charge in [0.05, 0.1) is 31.6 Å². The second kappa shape index (κ2) is 11.4. The summed E-state index contributed by atoms with van der Waals surface area (Å²) in [6, 6.07) is 0. The highest BCUT2D eigenvalue weighted by Gasteiger charge is 2.52. The van der Waals surface area contributed by atoms with Gasteiger partial charge in [0.15, 0.2) is 29.6 Å². The van der Waals surface area contributed by atoms with Gasteiger partial charge in [-0.3, -0.25) is 18.2 Å². The van der Waals surface area contributed by atoms with Gasteiger partial charge in [0.1, 0.15) is 54.0 Å². The Labute approximate surface area is 262 Å². The molecule has 7 rings (SSSR count). The van der Waals surface area contributed by atoms with Gasteiger partial charge in [0.2, 0.25) is 5.95 Å². The summed E-state index contributed by atoms with van der Waals surface area (Å²) in [4.78, 5) is 47.1. The summed E-state index contributed by atoms with van der Waals surface area (Å²) < 4.78 is 37.7. The number of nitrogens with zero attached hydrogens (tertiary/aromatic N) is 8. The number of nitrogen functional groups attached to an aromatic ring is 2. The number of ether oxygens (including phenoxy) is 2. The van der Waals surface area contributed by atoms with E-state index in [1.165, 1.54) is 28.1 Å². The van der Waals surface area contributed by atoms with Crippen LogP contribution >= 0.6 is 13.4 Å². The Morgan fingerprint density at radius 3 is 2.16 bits per heavy atom. The van der Waals surface area contributed by atoms with Crippen molar-refractivity contribution in [2.75, 3.05) is 24.7 Å². The van der Waals surface area contributed by atoms with Crippen molar-refractivity contribution in [3.63, 3.8) is 0 Å². The molecule has 20 nitrogen and oxygen atoms in total. The standard InChI is InChI=1S/C21H26N10O10P2S2/c1-7-10-17(25-4-24-7)30(5-26-10)20-15-12(32)8(38-20)2-36-42(34,44)40-14-9(3-37-43(35,45)41-15)39-19(13(14)33)31-6-27-11-16(22)28-21(23)29-18(11)31/h4-6,8-9,12-15,19-20,32-33H,2-3H2,1H3,(H,34,44)(H,35,45)(H4,22,23,28,29)/t8-,9-,12-,13-,14-,15?,19-,20-,42?,43?/m1/s1. The summed E-state index contributed by atoms with van der Waals surface area (Å²) >= 11 is 10.5. The molecule has 4 aromatic rings. The monoisotopic (exact) mass is 704 g/mol. The molecule has 3 fully saturated rings. The van der Waals surface area contributed by atoms with E-state index < -0.39 is 75.7 Å². The molecule has 0 radical (unpaired) electrons. The van der Waals surface area contributed by atoms with Crippen LogP contribution < -0.4 is 11.5 Å². The van der Waals surface area contributed by atoms with E-state index in [4.69, 9.17) is 62.6 Å². The molecule has 3 aliphatic heterocycles. The van der Waals surface area contributed by atoms with E-state index in [9.17, 15) is 20.0 Å². The maximum atomic E-state index is 11.3. The molecule has 24 heteroatoms. The third-order valence-electron chi connectivity index (χ3n) is 7.49. The zero-order valence-corrected chi connectivity index (χ0v) is 26.4. The van der Waals surface area contributed by atoms with E-state index in [1.807, 2.05) is 0 Å². The van der Waals surface area contributed by atoms with Gasteiger partial charge < -0.3 is 50.0 Å². The number of aliphatic hydroxyl groups is 2. The molecule has 242 valence electrons. The van der Waals surface area contributed by atoms with Gasteiger partial charge in [0, 0.05) is 0 Å². The van der Waals surface area contributed by atoms with E-state index in [2.05, 4.69) is 29.9 Å². The van der Waals surface area contributed by atoms with Gasteiger partial charge in [-0.1, -0.05) is 0 Å². The summed E-state index contributed by atoms with van der Waals surface area (Å²) in [6.45, 7) is -7.54. The van der Waals surface area contributed by atoms with Gasteiger partial charge in [-0.05, 0) is 30.5 Å². The summed E-state index contributed by atoms with van der Waals surface area (Å²) in [7, 11) is 0. The highest BCUT2D eigenvalue weighted by molar-refractivity contribution is 8.07. The summed E-state index contributed by atoms with van der Waals surface area (Å²) in [6.07, 6.45) is -6.30. The lowest BCUT2D eigenvalue weighted by molar-refractivity contribution is -0.0606. The van der Waals surface area contributed by atoms with Gasteiger partial charge in [-0.25, -0.2) is 19.9 Å². The van der Waals surface area contributed by atoms with Crippen molar-refractivity contribution in [1.29, 1.82) is 0 Å². The number of fused-ring (bicyclic) bond motifs is 5. The molecule has 4 aromatic heterocycles. The van der Waals surface area contributed by atoms with Crippen LogP contribution in [0.5, 0.6) is 0 Å². The first kappa shape index (κ1) is 31.2. The Morgan fingerprint density at radius 1 is 0.800 bits per heavy atom. The van der Waals surface area contributed by atoms with Crippen LogP contribution in [0.4, 0.5) is 11.8 Å². The van der Waals surface area contributed by atoms with Crippen molar-refractivity contribution in [3.05, 3.63) is 24.7 Å². The van der Waals surface area contributed by atoms with Crippen LogP contribution in [0, 0.1) is 6.92 Å². The lowest BCUT2D eigenvalue weighted by atomic mass is 10.1. The van der Waals surface area contributed by atoms with Crippen molar-refractivity contribution in [3.8, 4) is 0 Å². The molecule has 3 unspecified atom stereocenters. The number of imidazole rings is 2. The summed E-state index contributed by atoms with van der Waals surface area (Å²) in [5.74, 6) is -0.135. The van der Waals surface area contributed by atoms with Gasteiger partial charge in [-0.2, -0.15) is 9.97 Å². The minimum absolute atomic E-state index is 0.00636. The van der Waals surface area contributed by atoms with Crippen LogP contribution in [0.25, 0.3) is 22.3 Å².